The highest BCUT2D eigenvalue weighted by molar-refractivity contribution is 5.79. The zero-order valence-electron chi connectivity index (χ0n) is 18.8. The first-order valence-corrected chi connectivity index (χ1v) is 11.1. The van der Waals surface area contributed by atoms with Gasteiger partial charge in [-0.15, -0.1) is 0 Å². The number of nitrogens with one attached hydrogen (secondary N) is 1. The summed E-state index contributed by atoms with van der Waals surface area (Å²) < 4.78 is 18.5. The second kappa shape index (κ2) is 9.61. The molecule has 0 saturated carbocycles. The second-order valence-corrected chi connectivity index (χ2v) is 8.66. The minimum absolute atomic E-state index is 0.00981. The lowest BCUT2D eigenvalue weighted by Crippen LogP contribution is -2.41. The van der Waals surface area contributed by atoms with E-state index < -0.39 is 0 Å². The van der Waals surface area contributed by atoms with Crippen LogP contribution in [0.15, 0.2) is 47.0 Å². The Morgan fingerprint density at radius 3 is 2.59 bits per heavy atom. The van der Waals surface area contributed by atoms with E-state index in [0.29, 0.717) is 18.3 Å². The van der Waals surface area contributed by atoms with Crippen LogP contribution in [0.25, 0.3) is 11.4 Å². The van der Waals surface area contributed by atoms with Gasteiger partial charge in [0.2, 0.25) is 17.6 Å². The molecule has 1 aliphatic rings. The number of likely N-dealkylation sites (tertiary alicyclic amines) is 1. The fourth-order valence-corrected chi connectivity index (χ4v) is 4.30. The van der Waals surface area contributed by atoms with Gasteiger partial charge in [0.05, 0.1) is 12.6 Å². The van der Waals surface area contributed by atoms with Gasteiger partial charge in [0.1, 0.15) is 5.82 Å². The van der Waals surface area contributed by atoms with Crippen molar-refractivity contribution in [2.75, 3.05) is 13.1 Å². The highest BCUT2D eigenvalue weighted by atomic mass is 19.1. The van der Waals surface area contributed by atoms with Gasteiger partial charge in [-0.1, -0.05) is 28.9 Å². The second-order valence-electron chi connectivity index (χ2n) is 8.66. The van der Waals surface area contributed by atoms with E-state index in [-0.39, 0.29) is 23.7 Å². The number of hydrogen-bond acceptors (Lipinski definition) is 5. The number of hydrogen-bond donors (Lipinski definition) is 1. The van der Waals surface area contributed by atoms with Gasteiger partial charge in [0.15, 0.2) is 0 Å². The van der Waals surface area contributed by atoms with Crippen molar-refractivity contribution in [3.63, 3.8) is 0 Å². The van der Waals surface area contributed by atoms with Crippen molar-refractivity contribution in [2.24, 2.45) is 5.92 Å². The lowest BCUT2D eigenvalue weighted by Gasteiger charge is -2.31. The molecule has 1 saturated heterocycles. The van der Waals surface area contributed by atoms with Crippen LogP contribution in [0.1, 0.15) is 48.4 Å². The molecule has 3 aromatic rings. The van der Waals surface area contributed by atoms with Gasteiger partial charge in [0, 0.05) is 11.5 Å². The number of nitrogens with zero attached hydrogens (tertiary/aromatic N) is 3. The summed E-state index contributed by atoms with van der Waals surface area (Å²) in [7, 11) is 0. The maximum absolute atomic E-state index is 13.1. The van der Waals surface area contributed by atoms with E-state index in [1.54, 1.807) is 12.1 Å². The quantitative estimate of drug-likeness (QED) is 0.612. The molecule has 32 heavy (non-hydrogen) atoms. The van der Waals surface area contributed by atoms with E-state index in [2.05, 4.69) is 52.4 Å². The standard InChI is InChI=1S/C25H29FN4O2/c1-16-4-9-22(17(2)14-16)18(3)27-25(31)20-10-12-30(13-11-20)15-23-28-24(29-32-23)19-5-7-21(26)8-6-19/h4-9,14,18,20H,10-13,15H2,1-3H3,(H,27,31). The molecule has 168 valence electrons. The Balaban J connectivity index is 1.27. The van der Waals surface area contributed by atoms with E-state index in [0.717, 1.165) is 37.1 Å². The molecule has 0 spiro atoms. The Bertz CT molecular complexity index is 1070. The minimum atomic E-state index is -0.298. The summed E-state index contributed by atoms with van der Waals surface area (Å²) in [6.45, 7) is 8.34. The van der Waals surface area contributed by atoms with Crippen molar-refractivity contribution >= 4 is 5.91 Å². The van der Waals surface area contributed by atoms with E-state index >= 15 is 0 Å². The van der Waals surface area contributed by atoms with Crippen LogP contribution in [0.3, 0.4) is 0 Å². The van der Waals surface area contributed by atoms with E-state index in [4.69, 9.17) is 4.52 Å². The lowest BCUT2D eigenvalue weighted by atomic mass is 9.94. The smallest absolute Gasteiger partial charge is 0.241 e. The van der Waals surface area contributed by atoms with E-state index in [9.17, 15) is 9.18 Å². The Kier molecular flexibility index (Phi) is 6.65. The Morgan fingerprint density at radius 2 is 1.91 bits per heavy atom. The molecule has 6 nitrogen and oxygen atoms in total. The maximum atomic E-state index is 13.1. The summed E-state index contributed by atoms with van der Waals surface area (Å²) in [5, 5.41) is 7.19. The van der Waals surface area contributed by atoms with Gasteiger partial charge in [-0.2, -0.15) is 4.98 Å². The summed E-state index contributed by atoms with van der Waals surface area (Å²) in [6, 6.07) is 12.3. The molecule has 0 aliphatic carbocycles. The summed E-state index contributed by atoms with van der Waals surface area (Å²) in [5.41, 5.74) is 4.31. The first kappa shape index (κ1) is 22.1. The summed E-state index contributed by atoms with van der Waals surface area (Å²) in [5.74, 6) is 0.809. The van der Waals surface area contributed by atoms with Crippen LogP contribution in [0.2, 0.25) is 0 Å². The molecule has 1 unspecified atom stereocenters. The summed E-state index contributed by atoms with van der Waals surface area (Å²) >= 11 is 0. The van der Waals surface area contributed by atoms with Gasteiger partial charge in [-0.25, -0.2) is 4.39 Å². The largest absolute Gasteiger partial charge is 0.349 e. The number of aryl methyl sites for hydroxylation is 2. The van der Waals surface area contributed by atoms with Crippen LogP contribution in [0.5, 0.6) is 0 Å². The molecule has 1 aliphatic heterocycles. The molecule has 1 atom stereocenters. The molecule has 0 radical (unpaired) electrons. The number of halogens is 1. The predicted octanol–water partition coefficient (Wildman–Crippen LogP) is 4.58. The summed E-state index contributed by atoms with van der Waals surface area (Å²) in [6.07, 6.45) is 1.59. The third-order valence-corrected chi connectivity index (χ3v) is 6.14. The van der Waals surface area contributed by atoms with Crippen LogP contribution in [0, 0.1) is 25.6 Å². The number of piperidine rings is 1. The van der Waals surface area contributed by atoms with Crippen molar-refractivity contribution in [1.82, 2.24) is 20.4 Å². The number of aromatic nitrogens is 2. The average Bonchev–Trinajstić information content (AvgIpc) is 3.23. The van der Waals surface area contributed by atoms with Crippen LogP contribution in [0.4, 0.5) is 4.39 Å². The number of benzene rings is 2. The number of amides is 1. The molecule has 7 heteroatoms. The molecule has 4 rings (SSSR count). The number of rotatable bonds is 6. The SMILES string of the molecule is Cc1ccc(C(C)NC(=O)C2CCN(Cc3nc(-c4ccc(F)cc4)no3)CC2)c(C)c1. The zero-order valence-corrected chi connectivity index (χ0v) is 18.8. The highest BCUT2D eigenvalue weighted by Crippen LogP contribution is 2.23. The first-order chi connectivity index (χ1) is 15.4. The molecular weight excluding hydrogens is 407 g/mol. The van der Waals surface area contributed by atoms with Crippen molar-refractivity contribution < 1.29 is 13.7 Å². The molecule has 1 N–H and O–H groups in total. The van der Waals surface area contributed by atoms with Gasteiger partial charge in [-0.05, 0) is 82.1 Å². The van der Waals surface area contributed by atoms with Crippen LogP contribution in [-0.4, -0.2) is 34.0 Å². The minimum Gasteiger partial charge on any atom is -0.349 e. The Morgan fingerprint density at radius 1 is 1.19 bits per heavy atom. The van der Waals surface area contributed by atoms with E-state index in [1.807, 2.05) is 6.92 Å². The van der Waals surface area contributed by atoms with Gasteiger partial charge in [0.25, 0.3) is 0 Å². The topological polar surface area (TPSA) is 71.3 Å². The van der Waals surface area contributed by atoms with Crippen LogP contribution in [-0.2, 0) is 11.3 Å². The van der Waals surface area contributed by atoms with Crippen molar-refractivity contribution in [2.45, 2.75) is 46.2 Å². The predicted molar refractivity (Wildman–Crippen MR) is 120 cm³/mol. The number of carbonyl (C=O) groups is 1. The number of carbonyl (C=O) groups excluding carboxylic acids is 1. The fraction of sp³-hybridized carbons (Fsp3) is 0.400. The van der Waals surface area contributed by atoms with Gasteiger partial charge >= 0.3 is 0 Å². The van der Waals surface area contributed by atoms with Gasteiger partial charge in [-0.3, -0.25) is 9.69 Å². The van der Waals surface area contributed by atoms with Crippen LogP contribution < -0.4 is 5.32 Å². The molecule has 2 aromatic carbocycles. The molecule has 1 aromatic heterocycles. The average molecular weight is 437 g/mol. The van der Waals surface area contributed by atoms with E-state index in [1.165, 1.54) is 23.3 Å². The normalized spacial score (nSPS) is 16.1. The van der Waals surface area contributed by atoms with Crippen LogP contribution >= 0.6 is 0 Å². The molecule has 2 heterocycles. The Hall–Kier alpha value is -3.06. The van der Waals surface area contributed by atoms with Gasteiger partial charge < -0.3 is 9.84 Å². The highest BCUT2D eigenvalue weighted by Gasteiger charge is 2.27. The third-order valence-electron chi connectivity index (χ3n) is 6.14. The fourth-order valence-electron chi connectivity index (χ4n) is 4.30. The maximum Gasteiger partial charge on any atom is 0.241 e. The van der Waals surface area contributed by atoms with Crippen molar-refractivity contribution in [3.05, 3.63) is 70.9 Å². The molecule has 1 fully saturated rings. The van der Waals surface area contributed by atoms with Crippen molar-refractivity contribution in [1.29, 1.82) is 0 Å². The lowest BCUT2D eigenvalue weighted by molar-refractivity contribution is -0.127. The molecule has 0 bridgehead atoms. The molecule has 1 amide bonds. The monoisotopic (exact) mass is 436 g/mol. The van der Waals surface area contributed by atoms with Crippen molar-refractivity contribution in [3.8, 4) is 11.4 Å². The Labute approximate surface area is 187 Å². The zero-order chi connectivity index (χ0) is 22.7. The molecular formula is C25H29FN4O2. The first-order valence-electron chi connectivity index (χ1n) is 11.1. The third kappa shape index (κ3) is 5.22. The summed E-state index contributed by atoms with van der Waals surface area (Å²) in [4.78, 5) is 19.5.